The molecule has 0 saturated carbocycles. The normalized spacial score (nSPS) is 22.8. The highest BCUT2D eigenvalue weighted by Gasteiger charge is 2.23. The van der Waals surface area contributed by atoms with Crippen molar-refractivity contribution in [3.05, 3.63) is 28.2 Å². The Morgan fingerprint density at radius 3 is 2.89 bits per heavy atom. The SMILES string of the molecule is CC(Nc1cc(Cl)ccc1Cl)C1CCCN(C)C1. The lowest BCUT2D eigenvalue weighted by molar-refractivity contribution is 0.197. The fourth-order valence-electron chi connectivity index (χ4n) is 2.59. The smallest absolute Gasteiger partial charge is 0.0638 e. The van der Waals surface area contributed by atoms with Crippen LogP contribution >= 0.6 is 23.2 Å². The molecular weight excluding hydrogens is 267 g/mol. The van der Waals surface area contributed by atoms with Crippen LogP contribution in [0.3, 0.4) is 0 Å². The van der Waals surface area contributed by atoms with Crippen LogP contribution in [0, 0.1) is 5.92 Å². The second-order valence-electron chi connectivity index (χ2n) is 5.22. The van der Waals surface area contributed by atoms with Gasteiger partial charge in [0.15, 0.2) is 0 Å². The molecule has 0 aliphatic carbocycles. The van der Waals surface area contributed by atoms with E-state index in [-0.39, 0.29) is 0 Å². The van der Waals surface area contributed by atoms with Gasteiger partial charge in [-0.3, -0.25) is 0 Å². The fourth-order valence-corrected chi connectivity index (χ4v) is 2.93. The van der Waals surface area contributed by atoms with Gasteiger partial charge in [-0.2, -0.15) is 0 Å². The Morgan fingerprint density at radius 1 is 1.39 bits per heavy atom. The van der Waals surface area contributed by atoms with Crippen molar-refractivity contribution in [2.45, 2.75) is 25.8 Å². The van der Waals surface area contributed by atoms with E-state index < -0.39 is 0 Å². The van der Waals surface area contributed by atoms with Gasteiger partial charge in [-0.1, -0.05) is 23.2 Å². The van der Waals surface area contributed by atoms with Crippen LogP contribution in [0.2, 0.25) is 10.0 Å². The Morgan fingerprint density at radius 2 is 2.17 bits per heavy atom. The lowest BCUT2D eigenvalue weighted by Gasteiger charge is -2.34. The Hall–Kier alpha value is -0.440. The third-order valence-electron chi connectivity index (χ3n) is 3.68. The molecule has 1 aliphatic rings. The van der Waals surface area contributed by atoms with Crippen LogP contribution in [0.15, 0.2) is 18.2 Å². The molecule has 1 aromatic rings. The molecule has 1 aromatic carbocycles. The monoisotopic (exact) mass is 286 g/mol. The molecule has 1 saturated heterocycles. The van der Waals surface area contributed by atoms with E-state index in [1.165, 1.54) is 19.4 Å². The Kier molecular flexibility index (Phi) is 4.77. The van der Waals surface area contributed by atoms with Crippen molar-refractivity contribution in [3.63, 3.8) is 0 Å². The van der Waals surface area contributed by atoms with Gasteiger partial charge in [-0.05, 0) is 57.5 Å². The van der Waals surface area contributed by atoms with Crippen LogP contribution in [0.1, 0.15) is 19.8 Å². The highest BCUT2D eigenvalue weighted by molar-refractivity contribution is 6.35. The van der Waals surface area contributed by atoms with Gasteiger partial charge in [0, 0.05) is 17.6 Å². The zero-order valence-electron chi connectivity index (χ0n) is 10.9. The molecule has 2 atom stereocenters. The second-order valence-corrected chi connectivity index (χ2v) is 6.07. The van der Waals surface area contributed by atoms with Crippen LogP contribution in [0.4, 0.5) is 5.69 Å². The van der Waals surface area contributed by atoms with Gasteiger partial charge < -0.3 is 10.2 Å². The van der Waals surface area contributed by atoms with E-state index in [0.29, 0.717) is 12.0 Å². The molecule has 0 aromatic heterocycles. The van der Waals surface area contributed by atoms with Gasteiger partial charge >= 0.3 is 0 Å². The summed E-state index contributed by atoms with van der Waals surface area (Å²) in [6.07, 6.45) is 2.55. The molecule has 0 radical (unpaired) electrons. The lowest BCUT2D eigenvalue weighted by Crippen LogP contribution is -2.39. The van der Waals surface area contributed by atoms with Gasteiger partial charge in [-0.25, -0.2) is 0 Å². The summed E-state index contributed by atoms with van der Waals surface area (Å²) in [5, 5.41) is 4.95. The topological polar surface area (TPSA) is 15.3 Å². The Balaban J connectivity index is 2.01. The van der Waals surface area contributed by atoms with Crippen molar-refractivity contribution in [3.8, 4) is 0 Å². The summed E-state index contributed by atoms with van der Waals surface area (Å²) in [6, 6.07) is 5.95. The summed E-state index contributed by atoms with van der Waals surface area (Å²) in [7, 11) is 2.19. The van der Waals surface area contributed by atoms with E-state index in [1.54, 1.807) is 0 Å². The van der Waals surface area contributed by atoms with Crippen LogP contribution in [0.25, 0.3) is 0 Å². The number of anilines is 1. The average molecular weight is 287 g/mol. The minimum Gasteiger partial charge on any atom is -0.381 e. The first kappa shape index (κ1) is 14.0. The van der Waals surface area contributed by atoms with Crippen LogP contribution in [0.5, 0.6) is 0 Å². The minimum absolute atomic E-state index is 0.406. The maximum absolute atomic E-state index is 6.18. The molecule has 2 rings (SSSR count). The largest absolute Gasteiger partial charge is 0.381 e. The zero-order chi connectivity index (χ0) is 13.1. The summed E-state index contributed by atoms with van der Waals surface area (Å²) in [6.45, 7) is 4.58. The number of likely N-dealkylation sites (tertiary alicyclic amines) is 1. The third kappa shape index (κ3) is 3.53. The van der Waals surface area contributed by atoms with Gasteiger partial charge in [0.05, 0.1) is 10.7 Å². The molecule has 2 nitrogen and oxygen atoms in total. The average Bonchev–Trinajstić information content (AvgIpc) is 2.34. The number of hydrogen-bond donors (Lipinski definition) is 1. The Bertz CT molecular complexity index is 409. The summed E-state index contributed by atoms with van der Waals surface area (Å²) < 4.78 is 0. The van der Waals surface area contributed by atoms with Crippen molar-refractivity contribution in [2.24, 2.45) is 5.92 Å². The molecule has 1 aliphatic heterocycles. The first-order chi connectivity index (χ1) is 8.56. The predicted molar refractivity (Wildman–Crippen MR) is 79.8 cm³/mol. The first-order valence-electron chi connectivity index (χ1n) is 6.46. The van der Waals surface area contributed by atoms with Gasteiger partial charge in [0.2, 0.25) is 0 Å². The molecule has 1 heterocycles. The molecule has 0 spiro atoms. The fraction of sp³-hybridized carbons (Fsp3) is 0.571. The summed E-state index contributed by atoms with van der Waals surface area (Å²) in [5.41, 5.74) is 0.935. The van der Waals surface area contributed by atoms with E-state index in [2.05, 4.69) is 24.2 Å². The zero-order valence-corrected chi connectivity index (χ0v) is 12.4. The van der Waals surface area contributed by atoms with Crippen LogP contribution in [-0.4, -0.2) is 31.1 Å². The number of benzene rings is 1. The molecule has 1 N–H and O–H groups in total. The molecule has 0 bridgehead atoms. The first-order valence-corrected chi connectivity index (χ1v) is 7.22. The molecule has 100 valence electrons. The molecule has 18 heavy (non-hydrogen) atoms. The van der Waals surface area contributed by atoms with Crippen molar-refractivity contribution in [1.29, 1.82) is 0 Å². The van der Waals surface area contributed by atoms with E-state index in [4.69, 9.17) is 23.2 Å². The number of hydrogen-bond acceptors (Lipinski definition) is 2. The number of nitrogens with zero attached hydrogens (tertiary/aromatic N) is 1. The van der Waals surface area contributed by atoms with Gasteiger partial charge in [0.1, 0.15) is 0 Å². The quantitative estimate of drug-likeness (QED) is 0.899. The number of piperidine rings is 1. The van der Waals surface area contributed by atoms with Crippen LogP contribution < -0.4 is 5.32 Å². The highest BCUT2D eigenvalue weighted by Crippen LogP contribution is 2.28. The van der Waals surface area contributed by atoms with Crippen molar-refractivity contribution < 1.29 is 0 Å². The van der Waals surface area contributed by atoms with E-state index in [0.717, 1.165) is 22.3 Å². The van der Waals surface area contributed by atoms with E-state index in [1.807, 2.05) is 18.2 Å². The van der Waals surface area contributed by atoms with Crippen LogP contribution in [-0.2, 0) is 0 Å². The van der Waals surface area contributed by atoms with Crippen molar-refractivity contribution in [2.75, 3.05) is 25.5 Å². The molecule has 4 heteroatoms. The minimum atomic E-state index is 0.406. The standard InChI is InChI=1S/C14H20Cl2N2/c1-10(11-4-3-7-18(2)9-11)17-14-8-12(15)5-6-13(14)16/h5-6,8,10-11,17H,3-4,7,9H2,1-2H3. The van der Waals surface area contributed by atoms with Gasteiger partial charge in [-0.15, -0.1) is 0 Å². The molecular formula is C14H20Cl2N2. The number of rotatable bonds is 3. The Labute approximate surface area is 119 Å². The third-order valence-corrected chi connectivity index (χ3v) is 4.24. The van der Waals surface area contributed by atoms with Crippen molar-refractivity contribution in [1.82, 2.24) is 4.90 Å². The molecule has 2 unspecified atom stereocenters. The summed E-state index contributed by atoms with van der Waals surface area (Å²) >= 11 is 12.2. The maximum atomic E-state index is 6.18. The van der Waals surface area contributed by atoms with E-state index >= 15 is 0 Å². The summed E-state index contributed by atoms with van der Waals surface area (Å²) in [5.74, 6) is 0.666. The highest BCUT2D eigenvalue weighted by atomic mass is 35.5. The van der Waals surface area contributed by atoms with Gasteiger partial charge in [0.25, 0.3) is 0 Å². The molecule has 1 fully saturated rings. The summed E-state index contributed by atoms with van der Waals surface area (Å²) in [4.78, 5) is 2.39. The predicted octanol–water partition coefficient (Wildman–Crippen LogP) is 4.14. The van der Waals surface area contributed by atoms with Crippen molar-refractivity contribution >= 4 is 28.9 Å². The lowest BCUT2D eigenvalue weighted by atomic mass is 9.92. The maximum Gasteiger partial charge on any atom is 0.0638 e. The molecule has 0 amide bonds. The number of nitrogens with one attached hydrogen (secondary N) is 1. The second kappa shape index (κ2) is 6.14. The van der Waals surface area contributed by atoms with E-state index in [9.17, 15) is 0 Å². The number of halogens is 2.